The molecule has 3 heterocycles. The summed E-state index contributed by atoms with van der Waals surface area (Å²) < 4.78 is 11.6. The van der Waals surface area contributed by atoms with Crippen molar-refractivity contribution in [1.29, 1.82) is 0 Å². The van der Waals surface area contributed by atoms with E-state index >= 15 is 0 Å². The van der Waals surface area contributed by atoms with Crippen molar-refractivity contribution in [2.45, 2.75) is 37.4 Å². The van der Waals surface area contributed by atoms with Crippen LogP contribution >= 0.6 is 11.8 Å². The van der Waals surface area contributed by atoms with E-state index in [-0.39, 0.29) is 11.9 Å². The van der Waals surface area contributed by atoms with E-state index < -0.39 is 0 Å². The maximum absolute atomic E-state index is 13.0. The molecule has 0 aliphatic carbocycles. The van der Waals surface area contributed by atoms with Crippen LogP contribution in [0.5, 0.6) is 11.5 Å². The number of nitrogens with one attached hydrogen (secondary N) is 1. The Morgan fingerprint density at radius 2 is 2.03 bits per heavy atom. The Hall–Kier alpha value is -2.67. The Bertz CT molecular complexity index is 1080. The summed E-state index contributed by atoms with van der Waals surface area (Å²) in [7, 11) is 0. The van der Waals surface area contributed by atoms with Crippen molar-refractivity contribution in [3.05, 3.63) is 47.5 Å². The standard InChI is InChI=1S/C23H25N3O3S/c1-15-5-7-17-18(12-15)25-23(24-17)30-14-22(27)26-9-2-4-19(26)16-6-8-20-21(13-16)29-11-3-10-28-20/h5-8,12-13,19H,2-4,9-11,14H2,1H3,(H,24,25). The third kappa shape index (κ3) is 3.86. The molecule has 2 aliphatic heterocycles. The molecule has 1 amide bonds. The van der Waals surface area contributed by atoms with Crippen molar-refractivity contribution < 1.29 is 14.3 Å². The van der Waals surface area contributed by atoms with Crippen molar-refractivity contribution in [3.8, 4) is 11.5 Å². The van der Waals surface area contributed by atoms with Gasteiger partial charge in [0.2, 0.25) is 5.91 Å². The van der Waals surface area contributed by atoms with E-state index in [4.69, 9.17) is 9.47 Å². The minimum Gasteiger partial charge on any atom is -0.490 e. The Kier molecular flexibility index (Phi) is 5.29. The van der Waals surface area contributed by atoms with Gasteiger partial charge in [-0.1, -0.05) is 23.9 Å². The first-order valence-electron chi connectivity index (χ1n) is 10.5. The van der Waals surface area contributed by atoms with Crippen LogP contribution in [-0.4, -0.2) is 46.3 Å². The zero-order valence-electron chi connectivity index (χ0n) is 17.0. The van der Waals surface area contributed by atoms with Gasteiger partial charge >= 0.3 is 0 Å². The molecular formula is C23H25N3O3S. The number of likely N-dealkylation sites (tertiary alicyclic amines) is 1. The lowest BCUT2D eigenvalue weighted by Crippen LogP contribution is -2.32. The van der Waals surface area contributed by atoms with Crippen molar-refractivity contribution in [2.75, 3.05) is 25.5 Å². The summed E-state index contributed by atoms with van der Waals surface area (Å²) in [6, 6.07) is 12.3. The first-order valence-corrected chi connectivity index (χ1v) is 11.4. The van der Waals surface area contributed by atoms with Crippen LogP contribution in [0.1, 0.15) is 36.4 Å². The van der Waals surface area contributed by atoms with E-state index in [0.717, 1.165) is 59.1 Å². The molecule has 7 heteroatoms. The predicted molar refractivity (Wildman–Crippen MR) is 117 cm³/mol. The Morgan fingerprint density at radius 3 is 2.93 bits per heavy atom. The number of rotatable bonds is 4. The maximum Gasteiger partial charge on any atom is 0.233 e. The molecule has 30 heavy (non-hydrogen) atoms. The summed E-state index contributed by atoms with van der Waals surface area (Å²) in [6.45, 7) is 4.19. The number of carbonyl (C=O) groups excluding carboxylic acids is 1. The summed E-state index contributed by atoms with van der Waals surface area (Å²) >= 11 is 1.47. The molecule has 0 radical (unpaired) electrons. The van der Waals surface area contributed by atoms with Gasteiger partial charge in [-0.2, -0.15) is 0 Å². The van der Waals surface area contributed by atoms with Gasteiger partial charge in [-0.15, -0.1) is 0 Å². The van der Waals surface area contributed by atoms with E-state index in [9.17, 15) is 4.79 Å². The molecule has 0 bridgehead atoms. The van der Waals surface area contributed by atoms with Crippen LogP contribution < -0.4 is 9.47 Å². The number of nitrogens with zero attached hydrogens (tertiary/aromatic N) is 2. The molecule has 1 aromatic heterocycles. The largest absolute Gasteiger partial charge is 0.490 e. The van der Waals surface area contributed by atoms with E-state index in [1.165, 1.54) is 17.3 Å². The maximum atomic E-state index is 13.0. The molecule has 156 valence electrons. The first-order chi connectivity index (χ1) is 14.7. The number of benzene rings is 2. The number of aromatic amines is 1. The summed E-state index contributed by atoms with van der Waals surface area (Å²) in [6.07, 6.45) is 2.87. The van der Waals surface area contributed by atoms with Crippen molar-refractivity contribution in [1.82, 2.24) is 14.9 Å². The van der Waals surface area contributed by atoms with Crippen LogP contribution in [0.25, 0.3) is 11.0 Å². The van der Waals surface area contributed by atoms with Crippen LogP contribution in [0.4, 0.5) is 0 Å². The monoisotopic (exact) mass is 423 g/mol. The van der Waals surface area contributed by atoms with Crippen molar-refractivity contribution >= 4 is 28.7 Å². The fourth-order valence-corrected chi connectivity index (χ4v) is 4.95. The van der Waals surface area contributed by atoms with Gasteiger partial charge in [-0.3, -0.25) is 4.79 Å². The topological polar surface area (TPSA) is 67.5 Å². The van der Waals surface area contributed by atoms with Crippen LogP contribution in [0.2, 0.25) is 0 Å². The molecule has 6 nitrogen and oxygen atoms in total. The molecule has 0 saturated carbocycles. The Morgan fingerprint density at radius 1 is 1.17 bits per heavy atom. The van der Waals surface area contributed by atoms with E-state index in [0.29, 0.717) is 19.0 Å². The average Bonchev–Trinajstić information content (AvgIpc) is 3.32. The number of hydrogen-bond acceptors (Lipinski definition) is 5. The number of carbonyl (C=O) groups is 1. The molecule has 0 spiro atoms. The molecule has 1 N–H and O–H groups in total. The number of imidazole rings is 1. The molecule has 2 aromatic carbocycles. The van der Waals surface area contributed by atoms with Gasteiger partial charge < -0.3 is 19.4 Å². The van der Waals surface area contributed by atoms with Gasteiger partial charge in [-0.25, -0.2) is 4.98 Å². The number of amides is 1. The van der Waals surface area contributed by atoms with Crippen LogP contribution in [0.3, 0.4) is 0 Å². The number of thioether (sulfide) groups is 1. The highest BCUT2D eigenvalue weighted by atomic mass is 32.2. The van der Waals surface area contributed by atoms with Crippen LogP contribution in [0, 0.1) is 6.92 Å². The summed E-state index contributed by atoms with van der Waals surface area (Å²) in [4.78, 5) is 22.9. The molecule has 3 aromatic rings. The third-order valence-corrected chi connectivity index (χ3v) is 6.54. The highest BCUT2D eigenvalue weighted by Crippen LogP contribution is 2.38. The lowest BCUT2D eigenvalue weighted by atomic mass is 10.0. The zero-order valence-corrected chi connectivity index (χ0v) is 17.8. The molecule has 1 unspecified atom stereocenters. The van der Waals surface area contributed by atoms with Crippen LogP contribution in [-0.2, 0) is 4.79 Å². The second-order valence-electron chi connectivity index (χ2n) is 7.85. The quantitative estimate of drug-likeness (QED) is 0.627. The summed E-state index contributed by atoms with van der Waals surface area (Å²) in [5, 5.41) is 0.787. The highest BCUT2D eigenvalue weighted by molar-refractivity contribution is 7.99. The number of aryl methyl sites for hydroxylation is 1. The smallest absolute Gasteiger partial charge is 0.233 e. The Labute approximate surface area is 180 Å². The molecule has 1 fully saturated rings. The highest BCUT2D eigenvalue weighted by Gasteiger charge is 2.30. The lowest BCUT2D eigenvalue weighted by molar-refractivity contribution is -0.129. The predicted octanol–water partition coefficient (Wildman–Crippen LogP) is 4.49. The second-order valence-corrected chi connectivity index (χ2v) is 8.82. The third-order valence-electron chi connectivity index (χ3n) is 5.68. The van der Waals surface area contributed by atoms with Gasteiger partial charge in [0.05, 0.1) is 36.0 Å². The first kappa shape index (κ1) is 19.3. The van der Waals surface area contributed by atoms with Gasteiger partial charge in [-0.05, 0) is 55.2 Å². The minimum atomic E-state index is 0.0913. The van der Waals surface area contributed by atoms with E-state index in [1.807, 2.05) is 29.2 Å². The normalized spacial score (nSPS) is 18.6. The number of fused-ring (bicyclic) bond motifs is 2. The zero-order chi connectivity index (χ0) is 20.5. The summed E-state index contributed by atoms with van der Waals surface area (Å²) in [5.41, 5.74) is 4.25. The van der Waals surface area contributed by atoms with Gasteiger partial charge in [0.25, 0.3) is 0 Å². The lowest BCUT2D eigenvalue weighted by Gasteiger charge is -2.25. The van der Waals surface area contributed by atoms with Crippen LogP contribution in [0.15, 0.2) is 41.6 Å². The minimum absolute atomic E-state index is 0.0913. The molecule has 5 rings (SSSR count). The number of hydrogen-bond donors (Lipinski definition) is 1. The number of ether oxygens (including phenoxy) is 2. The van der Waals surface area contributed by atoms with Crippen molar-refractivity contribution in [3.63, 3.8) is 0 Å². The fourth-order valence-electron chi connectivity index (χ4n) is 4.18. The number of H-pyrrole nitrogens is 1. The fraction of sp³-hybridized carbons (Fsp3) is 0.391. The van der Waals surface area contributed by atoms with Gasteiger partial charge in [0.15, 0.2) is 16.7 Å². The molecule has 1 atom stereocenters. The van der Waals surface area contributed by atoms with E-state index in [1.54, 1.807) is 0 Å². The second kappa shape index (κ2) is 8.22. The SMILES string of the molecule is Cc1ccc2nc(SCC(=O)N3CCCC3c3ccc4c(c3)OCCCO4)[nH]c2c1. The molecular weight excluding hydrogens is 398 g/mol. The van der Waals surface area contributed by atoms with E-state index in [2.05, 4.69) is 29.0 Å². The molecule has 2 aliphatic rings. The summed E-state index contributed by atoms with van der Waals surface area (Å²) in [5.74, 6) is 2.10. The van der Waals surface area contributed by atoms with Crippen molar-refractivity contribution in [2.24, 2.45) is 0 Å². The average molecular weight is 424 g/mol. The molecule has 1 saturated heterocycles. The number of aromatic nitrogens is 2. The Balaban J connectivity index is 1.28. The van der Waals surface area contributed by atoms with Gasteiger partial charge in [0.1, 0.15) is 0 Å². The van der Waals surface area contributed by atoms with Gasteiger partial charge in [0, 0.05) is 13.0 Å².